The lowest BCUT2D eigenvalue weighted by Gasteiger charge is -2.26. The molecule has 0 aliphatic carbocycles. The minimum absolute atomic E-state index is 0.0462. The van der Waals surface area contributed by atoms with Crippen LogP contribution in [-0.4, -0.2) is 45.5 Å². The Hall–Kier alpha value is -2.71. The molecule has 0 aliphatic heterocycles. The fraction of sp³-hybridized carbons (Fsp3) is 0.450. The molecule has 8 nitrogen and oxygen atoms in total. The predicted molar refractivity (Wildman–Crippen MR) is 104 cm³/mol. The van der Waals surface area contributed by atoms with Gasteiger partial charge in [-0.2, -0.15) is 0 Å². The average molecular weight is 388 g/mol. The van der Waals surface area contributed by atoms with Crippen molar-refractivity contribution in [2.75, 3.05) is 6.61 Å². The highest BCUT2D eigenvalue weighted by Gasteiger charge is 2.29. The number of Topliss-reactive ketones (excluding diaryl/α,β-unsaturated/α-hetero) is 1. The molecule has 2 rings (SSSR count). The summed E-state index contributed by atoms with van der Waals surface area (Å²) in [6, 6.07) is 8.76. The molecular weight excluding hydrogens is 360 g/mol. The van der Waals surface area contributed by atoms with Gasteiger partial charge in [-0.1, -0.05) is 30.3 Å². The van der Waals surface area contributed by atoms with Gasteiger partial charge in [0.05, 0.1) is 37.4 Å². The van der Waals surface area contributed by atoms with E-state index < -0.39 is 17.5 Å². The molecule has 1 aromatic carbocycles. The standard InChI is InChI=1S/C20H28N4O4/c1-20(2,21)19(27)22-17(14-28-13-15-7-5-4-6-8-15)18(26)11-16-12-24(9-10-25)23(16)3/h4-8,10,12,17H,9,11,13-14,21H2,1-3H3,(H,22,27). The van der Waals surface area contributed by atoms with Crippen molar-refractivity contribution in [3.8, 4) is 0 Å². The molecular formula is C20H28N4O4. The molecule has 1 atom stereocenters. The SMILES string of the molecule is Cn1c(CC(=O)C(COCc2ccccc2)NC(=O)C(C)(C)N)cn1CC=O. The molecule has 152 valence electrons. The summed E-state index contributed by atoms with van der Waals surface area (Å²) >= 11 is 0. The lowest BCUT2D eigenvalue weighted by molar-refractivity contribution is -0.131. The maximum Gasteiger partial charge on any atom is 0.240 e. The van der Waals surface area contributed by atoms with Crippen molar-refractivity contribution in [1.82, 2.24) is 14.7 Å². The third-order valence-electron chi connectivity index (χ3n) is 4.39. The van der Waals surface area contributed by atoms with E-state index >= 15 is 0 Å². The first-order valence-electron chi connectivity index (χ1n) is 9.11. The highest BCUT2D eigenvalue weighted by Crippen LogP contribution is 2.09. The number of amides is 1. The zero-order chi connectivity index (χ0) is 20.7. The Balaban J connectivity index is 2.01. The summed E-state index contributed by atoms with van der Waals surface area (Å²) in [6.07, 6.45) is 2.65. The molecule has 2 aromatic rings. The maximum absolute atomic E-state index is 12.8. The summed E-state index contributed by atoms with van der Waals surface area (Å²) in [5.41, 5.74) is 6.47. The largest absolute Gasteiger partial charge is 0.374 e. The second kappa shape index (κ2) is 9.48. The second-order valence-electron chi connectivity index (χ2n) is 7.32. The Kier molecular flexibility index (Phi) is 7.31. The van der Waals surface area contributed by atoms with Gasteiger partial charge in [0.15, 0.2) is 5.78 Å². The minimum atomic E-state index is -1.11. The second-order valence-corrected chi connectivity index (χ2v) is 7.32. The van der Waals surface area contributed by atoms with Gasteiger partial charge in [0, 0.05) is 13.2 Å². The number of hydrogen-bond donors (Lipinski definition) is 2. The van der Waals surface area contributed by atoms with E-state index in [1.165, 1.54) is 0 Å². The Bertz CT molecular complexity index is 802. The summed E-state index contributed by atoms with van der Waals surface area (Å²) in [6.45, 7) is 3.77. The van der Waals surface area contributed by atoms with Crippen molar-refractivity contribution in [2.24, 2.45) is 12.8 Å². The van der Waals surface area contributed by atoms with Crippen LogP contribution in [0.4, 0.5) is 0 Å². The first-order chi connectivity index (χ1) is 13.2. The fourth-order valence-corrected chi connectivity index (χ4v) is 2.59. The summed E-state index contributed by atoms with van der Waals surface area (Å²) in [5.74, 6) is -0.609. The van der Waals surface area contributed by atoms with Gasteiger partial charge in [0.25, 0.3) is 0 Å². The van der Waals surface area contributed by atoms with E-state index in [1.54, 1.807) is 36.5 Å². The minimum Gasteiger partial charge on any atom is -0.374 e. The molecule has 0 aliphatic rings. The van der Waals surface area contributed by atoms with E-state index in [4.69, 9.17) is 10.5 Å². The molecule has 3 N–H and O–H groups in total. The van der Waals surface area contributed by atoms with E-state index in [9.17, 15) is 14.4 Å². The molecule has 8 heteroatoms. The van der Waals surface area contributed by atoms with Crippen LogP contribution in [0.1, 0.15) is 25.1 Å². The molecule has 1 amide bonds. The number of carbonyl (C=O) groups excluding carboxylic acids is 3. The lowest BCUT2D eigenvalue weighted by atomic mass is 10.0. The number of nitrogens with zero attached hydrogens (tertiary/aromatic N) is 2. The number of ether oxygens (including phenoxy) is 1. The molecule has 0 bridgehead atoms. The molecule has 0 radical (unpaired) electrons. The van der Waals surface area contributed by atoms with Crippen LogP contribution < -0.4 is 11.1 Å². The number of benzene rings is 1. The maximum atomic E-state index is 12.8. The van der Waals surface area contributed by atoms with Gasteiger partial charge >= 0.3 is 0 Å². The van der Waals surface area contributed by atoms with Crippen LogP contribution in [0.2, 0.25) is 0 Å². The van der Waals surface area contributed by atoms with Crippen molar-refractivity contribution in [2.45, 2.75) is 45.0 Å². The van der Waals surface area contributed by atoms with Gasteiger partial charge in [0.2, 0.25) is 5.91 Å². The zero-order valence-corrected chi connectivity index (χ0v) is 16.6. The number of nitrogens with one attached hydrogen (secondary N) is 1. The van der Waals surface area contributed by atoms with Gasteiger partial charge in [0.1, 0.15) is 12.3 Å². The number of ketones is 1. The van der Waals surface area contributed by atoms with Crippen molar-refractivity contribution >= 4 is 18.0 Å². The monoisotopic (exact) mass is 388 g/mol. The van der Waals surface area contributed by atoms with Crippen molar-refractivity contribution in [1.29, 1.82) is 0 Å². The third-order valence-corrected chi connectivity index (χ3v) is 4.39. The average Bonchev–Trinajstić information content (AvgIpc) is 2.65. The van der Waals surface area contributed by atoms with Crippen molar-refractivity contribution in [3.05, 3.63) is 47.8 Å². The van der Waals surface area contributed by atoms with E-state index in [-0.39, 0.29) is 25.4 Å². The third kappa shape index (κ3) is 5.90. The highest BCUT2D eigenvalue weighted by molar-refractivity contribution is 5.93. The molecule has 1 unspecified atom stereocenters. The number of hydrogen-bond acceptors (Lipinski definition) is 5. The normalized spacial score (nSPS) is 12.6. The number of carbonyl (C=O) groups is 3. The Morgan fingerprint density at radius 3 is 2.54 bits per heavy atom. The molecule has 0 saturated heterocycles. The number of nitrogens with two attached hydrogens (primary N) is 1. The summed E-state index contributed by atoms with van der Waals surface area (Å²) < 4.78 is 9.10. The van der Waals surface area contributed by atoms with Gasteiger partial charge in [-0.25, -0.2) is 0 Å². The van der Waals surface area contributed by atoms with Gasteiger partial charge in [-0.15, -0.1) is 0 Å². The van der Waals surface area contributed by atoms with Crippen LogP contribution >= 0.6 is 0 Å². The van der Waals surface area contributed by atoms with Crippen LogP contribution in [0.3, 0.4) is 0 Å². The number of rotatable bonds is 11. The quantitative estimate of drug-likeness (QED) is 0.547. The molecule has 0 saturated carbocycles. The van der Waals surface area contributed by atoms with Crippen molar-refractivity contribution < 1.29 is 19.1 Å². The lowest BCUT2D eigenvalue weighted by Crippen LogP contribution is -2.55. The van der Waals surface area contributed by atoms with Crippen LogP contribution in [0.15, 0.2) is 36.5 Å². The Morgan fingerprint density at radius 2 is 1.96 bits per heavy atom. The fourth-order valence-electron chi connectivity index (χ4n) is 2.59. The van der Waals surface area contributed by atoms with Crippen LogP contribution in [0, 0.1) is 0 Å². The van der Waals surface area contributed by atoms with Crippen LogP contribution in [0.5, 0.6) is 0 Å². The van der Waals surface area contributed by atoms with E-state index in [0.717, 1.165) is 17.5 Å². The Labute approximate surface area is 164 Å². The summed E-state index contributed by atoms with van der Waals surface area (Å²) in [4.78, 5) is 35.6. The first kappa shape index (κ1) is 21.6. The van der Waals surface area contributed by atoms with Crippen LogP contribution in [0.25, 0.3) is 0 Å². The first-order valence-corrected chi connectivity index (χ1v) is 9.11. The van der Waals surface area contributed by atoms with Gasteiger partial charge in [-0.05, 0) is 19.4 Å². The zero-order valence-electron chi connectivity index (χ0n) is 16.6. The van der Waals surface area contributed by atoms with Gasteiger partial charge < -0.3 is 20.6 Å². The molecule has 0 fully saturated rings. The number of aldehydes is 1. The summed E-state index contributed by atoms with van der Waals surface area (Å²) in [5, 5.41) is 2.69. The smallest absolute Gasteiger partial charge is 0.240 e. The van der Waals surface area contributed by atoms with Crippen LogP contribution in [-0.2, 0) is 45.7 Å². The highest BCUT2D eigenvalue weighted by atomic mass is 16.5. The molecule has 0 spiro atoms. The molecule has 1 heterocycles. The van der Waals surface area contributed by atoms with Crippen molar-refractivity contribution in [3.63, 3.8) is 0 Å². The predicted octanol–water partition coefficient (Wildman–Crippen LogP) is 0.576. The molecule has 28 heavy (non-hydrogen) atoms. The topological polar surface area (TPSA) is 108 Å². The van der Waals surface area contributed by atoms with E-state index in [1.807, 2.05) is 30.3 Å². The molecule has 1 aromatic heterocycles. The number of aromatic nitrogens is 2. The van der Waals surface area contributed by atoms with E-state index in [2.05, 4.69) is 5.32 Å². The van der Waals surface area contributed by atoms with Gasteiger partial charge in [-0.3, -0.25) is 19.0 Å². The summed E-state index contributed by atoms with van der Waals surface area (Å²) in [7, 11) is 1.77. The van der Waals surface area contributed by atoms with E-state index in [0.29, 0.717) is 6.61 Å². The Morgan fingerprint density at radius 1 is 1.29 bits per heavy atom.